The first-order valence-corrected chi connectivity index (χ1v) is 5.13. The van der Waals surface area contributed by atoms with Crippen molar-refractivity contribution in [2.75, 3.05) is 23.8 Å². The maximum absolute atomic E-state index is 13.3. The first kappa shape index (κ1) is 11.1. The van der Waals surface area contributed by atoms with Gasteiger partial charge in [0.15, 0.2) is 0 Å². The van der Waals surface area contributed by atoms with Gasteiger partial charge in [-0.25, -0.2) is 8.78 Å². The molecule has 1 aliphatic rings. The van der Waals surface area contributed by atoms with Gasteiger partial charge < -0.3 is 15.7 Å². The SMILES string of the molecule is Nc1ccccc1N1CC(F)(F)C[C@@H]1CO. The summed E-state index contributed by atoms with van der Waals surface area (Å²) >= 11 is 0. The molecule has 0 spiro atoms. The zero-order valence-electron chi connectivity index (χ0n) is 8.74. The van der Waals surface area contributed by atoms with Crippen LogP contribution >= 0.6 is 0 Å². The monoisotopic (exact) mass is 228 g/mol. The minimum Gasteiger partial charge on any atom is -0.397 e. The van der Waals surface area contributed by atoms with E-state index in [2.05, 4.69) is 0 Å². The second-order valence-electron chi connectivity index (χ2n) is 4.08. The molecule has 0 saturated carbocycles. The van der Waals surface area contributed by atoms with Crippen molar-refractivity contribution < 1.29 is 13.9 Å². The second kappa shape index (κ2) is 3.90. The Kier molecular flexibility index (Phi) is 2.71. The smallest absolute Gasteiger partial charge is 0.267 e. The molecule has 1 fully saturated rings. The predicted molar refractivity (Wildman–Crippen MR) is 58.6 cm³/mol. The summed E-state index contributed by atoms with van der Waals surface area (Å²) in [5, 5.41) is 9.11. The summed E-state index contributed by atoms with van der Waals surface area (Å²) in [6, 6.07) is 6.30. The molecule has 0 aromatic heterocycles. The van der Waals surface area contributed by atoms with Crippen LogP contribution in [0.15, 0.2) is 24.3 Å². The van der Waals surface area contributed by atoms with E-state index in [1.165, 1.54) is 4.90 Å². The molecule has 1 heterocycles. The van der Waals surface area contributed by atoms with E-state index in [0.29, 0.717) is 11.4 Å². The molecule has 88 valence electrons. The summed E-state index contributed by atoms with van der Waals surface area (Å²) in [6.45, 7) is -0.670. The van der Waals surface area contributed by atoms with Crippen molar-refractivity contribution in [1.29, 1.82) is 0 Å². The number of aliphatic hydroxyl groups excluding tert-OH is 1. The maximum atomic E-state index is 13.3. The standard InChI is InChI=1S/C11H14F2N2O/c12-11(13)5-8(6-16)15(7-11)10-4-2-1-3-9(10)14/h1-4,8,16H,5-7,14H2/t8-/m1/s1. The van der Waals surface area contributed by atoms with Gasteiger partial charge >= 0.3 is 0 Å². The highest BCUT2D eigenvalue weighted by Gasteiger charge is 2.45. The van der Waals surface area contributed by atoms with Crippen molar-refractivity contribution in [3.05, 3.63) is 24.3 Å². The maximum Gasteiger partial charge on any atom is 0.267 e. The van der Waals surface area contributed by atoms with E-state index in [0.717, 1.165) is 0 Å². The first-order chi connectivity index (χ1) is 7.53. The van der Waals surface area contributed by atoms with Crippen LogP contribution in [0.5, 0.6) is 0 Å². The van der Waals surface area contributed by atoms with Gasteiger partial charge in [-0.3, -0.25) is 0 Å². The van der Waals surface area contributed by atoms with Gasteiger partial charge in [-0.1, -0.05) is 12.1 Å². The van der Waals surface area contributed by atoms with Crippen LogP contribution in [0.1, 0.15) is 6.42 Å². The Bertz CT molecular complexity index is 384. The number of para-hydroxylation sites is 2. The van der Waals surface area contributed by atoms with Crippen LogP contribution < -0.4 is 10.6 Å². The molecular weight excluding hydrogens is 214 g/mol. The van der Waals surface area contributed by atoms with Gasteiger partial charge in [0.2, 0.25) is 0 Å². The zero-order chi connectivity index (χ0) is 11.8. The van der Waals surface area contributed by atoms with E-state index in [1.807, 2.05) is 0 Å². The molecule has 1 aromatic rings. The van der Waals surface area contributed by atoms with Crippen molar-refractivity contribution in [2.45, 2.75) is 18.4 Å². The molecule has 16 heavy (non-hydrogen) atoms. The number of aliphatic hydroxyl groups is 1. The molecule has 1 atom stereocenters. The number of anilines is 2. The Morgan fingerprint density at radius 1 is 1.44 bits per heavy atom. The number of hydrogen-bond acceptors (Lipinski definition) is 3. The summed E-state index contributed by atoms with van der Waals surface area (Å²) in [5.74, 6) is -2.75. The van der Waals surface area contributed by atoms with Crippen molar-refractivity contribution in [3.8, 4) is 0 Å². The molecule has 0 aliphatic carbocycles. The molecule has 3 N–H and O–H groups in total. The second-order valence-corrected chi connectivity index (χ2v) is 4.08. The third kappa shape index (κ3) is 1.95. The lowest BCUT2D eigenvalue weighted by Crippen LogP contribution is -2.33. The molecular formula is C11H14F2N2O. The number of benzene rings is 1. The van der Waals surface area contributed by atoms with Crippen LogP contribution in [-0.2, 0) is 0 Å². The molecule has 0 radical (unpaired) electrons. The fraction of sp³-hybridized carbons (Fsp3) is 0.455. The van der Waals surface area contributed by atoms with E-state index in [-0.39, 0.29) is 19.6 Å². The highest BCUT2D eigenvalue weighted by atomic mass is 19.3. The fourth-order valence-electron chi connectivity index (χ4n) is 2.09. The summed E-state index contributed by atoms with van der Waals surface area (Å²) in [4.78, 5) is 1.48. The zero-order valence-corrected chi connectivity index (χ0v) is 8.74. The fourth-order valence-corrected chi connectivity index (χ4v) is 2.09. The molecule has 1 saturated heterocycles. The van der Waals surface area contributed by atoms with Gasteiger partial charge in [0.05, 0.1) is 30.6 Å². The quantitative estimate of drug-likeness (QED) is 0.754. The number of nitrogen functional groups attached to an aromatic ring is 1. The lowest BCUT2D eigenvalue weighted by Gasteiger charge is -2.25. The predicted octanol–water partition coefficient (Wildman–Crippen LogP) is 1.48. The Balaban J connectivity index is 2.30. The number of nitrogens with zero attached hydrogens (tertiary/aromatic N) is 1. The average molecular weight is 228 g/mol. The highest BCUT2D eigenvalue weighted by molar-refractivity contribution is 5.68. The van der Waals surface area contributed by atoms with Crippen molar-refractivity contribution >= 4 is 11.4 Å². The van der Waals surface area contributed by atoms with Crippen LogP contribution in [-0.4, -0.2) is 30.2 Å². The van der Waals surface area contributed by atoms with Gasteiger partial charge in [0, 0.05) is 6.42 Å². The summed E-state index contributed by atoms with van der Waals surface area (Å²) < 4.78 is 26.5. The van der Waals surface area contributed by atoms with Crippen molar-refractivity contribution in [2.24, 2.45) is 0 Å². The lowest BCUT2D eigenvalue weighted by atomic mass is 10.2. The van der Waals surface area contributed by atoms with Gasteiger partial charge in [-0.15, -0.1) is 0 Å². The van der Waals surface area contributed by atoms with Gasteiger partial charge in [0.1, 0.15) is 0 Å². The van der Waals surface area contributed by atoms with Crippen LogP contribution in [0.4, 0.5) is 20.2 Å². The minimum atomic E-state index is -2.75. The molecule has 0 amide bonds. The lowest BCUT2D eigenvalue weighted by molar-refractivity contribution is 0.0201. The van der Waals surface area contributed by atoms with Gasteiger partial charge in [-0.05, 0) is 12.1 Å². The van der Waals surface area contributed by atoms with Gasteiger partial charge in [0.25, 0.3) is 5.92 Å². The average Bonchev–Trinajstić information content (AvgIpc) is 2.54. The van der Waals surface area contributed by atoms with E-state index < -0.39 is 12.0 Å². The third-order valence-corrected chi connectivity index (χ3v) is 2.83. The molecule has 1 aromatic carbocycles. The largest absolute Gasteiger partial charge is 0.397 e. The molecule has 3 nitrogen and oxygen atoms in total. The third-order valence-electron chi connectivity index (χ3n) is 2.83. The summed E-state index contributed by atoms with van der Waals surface area (Å²) in [7, 11) is 0. The van der Waals surface area contributed by atoms with Crippen molar-refractivity contribution in [3.63, 3.8) is 0 Å². The first-order valence-electron chi connectivity index (χ1n) is 5.13. The van der Waals surface area contributed by atoms with E-state index in [9.17, 15) is 8.78 Å². The summed E-state index contributed by atoms with van der Waals surface area (Å²) in [5.41, 5.74) is 6.76. The number of rotatable bonds is 2. The van der Waals surface area contributed by atoms with E-state index >= 15 is 0 Å². The number of hydrogen-bond donors (Lipinski definition) is 2. The number of alkyl halides is 2. The summed E-state index contributed by atoms with van der Waals surface area (Å²) in [6.07, 6.45) is -0.322. The van der Waals surface area contributed by atoms with Crippen LogP contribution in [0.25, 0.3) is 0 Å². The Morgan fingerprint density at radius 3 is 2.75 bits per heavy atom. The van der Waals surface area contributed by atoms with E-state index in [4.69, 9.17) is 10.8 Å². The number of nitrogens with two attached hydrogens (primary N) is 1. The van der Waals surface area contributed by atoms with Crippen LogP contribution in [0.3, 0.4) is 0 Å². The van der Waals surface area contributed by atoms with Gasteiger partial charge in [-0.2, -0.15) is 0 Å². The number of halogens is 2. The molecule has 0 unspecified atom stereocenters. The van der Waals surface area contributed by atoms with Crippen LogP contribution in [0, 0.1) is 0 Å². The molecule has 1 aliphatic heterocycles. The minimum absolute atomic E-state index is 0.288. The Hall–Kier alpha value is -1.36. The molecule has 0 bridgehead atoms. The normalized spacial score (nSPS) is 23.7. The van der Waals surface area contributed by atoms with Crippen LogP contribution in [0.2, 0.25) is 0 Å². The van der Waals surface area contributed by atoms with Crippen molar-refractivity contribution in [1.82, 2.24) is 0 Å². The Morgan fingerprint density at radius 2 is 2.12 bits per heavy atom. The Labute approximate surface area is 92.5 Å². The van der Waals surface area contributed by atoms with E-state index in [1.54, 1.807) is 24.3 Å². The topological polar surface area (TPSA) is 49.5 Å². The molecule has 2 rings (SSSR count). The highest BCUT2D eigenvalue weighted by Crippen LogP contribution is 2.37. The molecule has 5 heteroatoms.